The third-order valence-corrected chi connectivity index (χ3v) is 2.56. The second-order valence-corrected chi connectivity index (χ2v) is 3.36. The number of rotatable bonds is 3. The fraction of sp³-hybridized carbons (Fsp3) is 0.889. The smallest absolute Gasteiger partial charge is 0.133 e. The van der Waals surface area contributed by atoms with Crippen molar-refractivity contribution >= 4 is 5.78 Å². The Kier molecular flexibility index (Phi) is 3.06. The monoisotopic (exact) mass is 156 g/mol. The van der Waals surface area contributed by atoms with Crippen LogP contribution in [0.25, 0.3) is 0 Å². The van der Waals surface area contributed by atoms with Gasteiger partial charge in [-0.15, -0.1) is 0 Å². The predicted molar refractivity (Wildman–Crippen MR) is 43.4 cm³/mol. The Hall–Kier alpha value is -0.370. The number of hydrogen-bond donors (Lipinski definition) is 0. The van der Waals surface area contributed by atoms with Crippen LogP contribution in [-0.2, 0) is 9.53 Å². The van der Waals surface area contributed by atoms with Gasteiger partial charge in [0.1, 0.15) is 5.78 Å². The van der Waals surface area contributed by atoms with E-state index in [1.165, 1.54) is 6.42 Å². The van der Waals surface area contributed by atoms with Gasteiger partial charge in [-0.2, -0.15) is 0 Å². The molecule has 0 N–H and O–H groups in total. The highest BCUT2D eigenvalue weighted by Crippen LogP contribution is 2.32. The third-order valence-electron chi connectivity index (χ3n) is 2.56. The van der Waals surface area contributed by atoms with Gasteiger partial charge in [0.15, 0.2) is 0 Å². The fourth-order valence-corrected chi connectivity index (χ4v) is 1.99. The molecule has 0 aliphatic heterocycles. The van der Waals surface area contributed by atoms with E-state index < -0.39 is 0 Å². The zero-order valence-corrected chi connectivity index (χ0v) is 7.30. The number of ketones is 1. The lowest BCUT2D eigenvalue weighted by Gasteiger charge is -2.14. The lowest BCUT2D eigenvalue weighted by Crippen LogP contribution is -2.19. The summed E-state index contributed by atoms with van der Waals surface area (Å²) in [6.07, 6.45) is 3.43. The molecule has 0 aromatic rings. The Morgan fingerprint density at radius 1 is 1.55 bits per heavy atom. The van der Waals surface area contributed by atoms with E-state index in [0.717, 1.165) is 19.4 Å². The van der Waals surface area contributed by atoms with E-state index >= 15 is 0 Å². The molecule has 2 atom stereocenters. The van der Waals surface area contributed by atoms with E-state index in [2.05, 4.69) is 0 Å². The normalized spacial score (nSPS) is 30.7. The molecule has 2 nitrogen and oxygen atoms in total. The maximum atomic E-state index is 11.1. The summed E-state index contributed by atoms with van der Waals surface area (Å²) >= 11 is 0. The number of Topliss-reactive ketones (excluding diaryl/α,β-unsaturated/α-hetero) is 1. The minimum atomic E-state index is 0.287. The molecule has 0 saturated heterocycles. The van der Waals surface area contributed by atoms with Gasteiger partial charge in [0.05, 0.1) is 0 Å². The molecule has 0 amide bonds. The van der Waals surface area contributed by atoms with Crippen molar-refractivity contribution in [2.24, 2.45) is 11.8 Å². The molecule has 0 heterocycles. The average Bonchev–Trinajstić information content (AvgIpc) is 2.36. The molecular formula is C9H16O2. The van der Waals surface area contributed by atoms with Crippen LogP contribution in [0, 0.1) is 11.8 Å². The van der Waals surface area contributed by atoms with Crippen LogP contribution in [0.5, 0.6) is 0 Å². The van der Waals surface area contributed by atoms with Gasteiger partial charge >= 0.3 is 0 Å². The summed E-state index contributed by atoms with van der Waals surface area (Å²) in [6, 6.07) is 0. The molecule has 1 aliphatic carbocycles. The SMILES string of the molecule is COCC1CCCC1C(C)=O. The summed E-state index contributed by atoms with van der Waals surface area (Å²) in [5.41, 5.74) is 0. The summed E-state index contributed by atoms with van der Waals surface area (Å²) in [6.45, 7) is 2.45. The Bertz CT molecular complexity index is 142. The van der Waals surface area contributed by atoms with E-state index in [1.807, 2.05) is 0 Å². The summed E-state index contributed by atoms with van der Waals surface area (Å²) in [4.78, 5) is 11.1. The molecule has 0 bridgehead atoms. The van der Waals surface area contributed by atoms with Crippen LogP contribution in [0.15, 0.2) is 0 Å². The zero-order valence-electron chi connectivity index (χ0n) is 7.30. The lowest BCUT2D eigenvalue weighted by atomic mass is 9.93. The molecule has 0 aromatic heterocycles. The maximum Gasteiger partial charge on any atom is 0.133 e. The van der Waals surface area contributed by atoms with E-state index in [9.17, 15) is 4.79 Å². The topological polar surface area (TPSA) is 26.3 Å². The van der Waals surface area contributed by atoms with Crippen molar-refractivity contribution in [2.45, 2.75) is 26.2 Å². The molecule has 0 aromatic carbocycles. The van der Waals surface area contributed by atoms with Crippen LogP contribution in [0.3, 0.4) is 0 Å². The minimum Gasteiger partial charge on any atom is -0.384 e. The summed E-state index contributed by atoms with van der Waals surface area (Å²) in [5, 5.41) is 0. The second-order valence-electron chi connectivity index (χ2n) is 3.36. The minimum absolute atomic E-state index is 0.287. The van der Waals surface area contributed by atoms with Crippen molar-refractivity contribution in [1.82, 2.24) is 0 Å². The van der Waals surface area contributed by atoms with Crippen molar-refractivity contribution in [3.63, 3.8) is 0 Å². The molecule has 1 aliphatic rings. The Morgan fingerprint density at radius 3 is 2.82 bits per heavy atom. The molecule has 1 rings (SSSR count). The van der Waals surface area contributed by atoms with Gasteiger partial charge in [-0.1, -0.05) is 6.42 Å². The van der Waals surface area contributed by atoms with Gasteiger partial charge in [0.25, 0.3) is 0 Å². The van der Waals surface area contributed by atoms with Crippen LogP contribution < -0.4 is 0 Å². The average molecular weight is 156 g/mol. The summed E-state index contributed by atoms with van der Waals surface area (Å²) < 4.78 is 5.05. The number of methoxy groups -OCH3 is 1. The highest BCUT2D eigenvalue weighted by atomic mass is 16.5. The van der Waals surface area contributed by atoms with E-state index in [4.69, 9.17) is 4.74 Å². The molecule has 1 fully saturated rings. The molecule has 1 saturated carbocycles. The summed E-state index contributed by atoms with van der Waals surface area (Å²) in [7, 11) is 1.70. The maximum absolute atomic E-state index is 11.1. The van der Waals surface area contributed by atoms with Crippen LogP contribution in [0.4, 0.5) is 0 Å². The van der Waals surface area contributed by atoms with Crippen molar-refractivity contribution in [1.29, 1.82) is 0 Å². The first kappa shape index (κ1) is 8.72. The van der Waals surface area contributed by atoms with Gasteiger partial charge in [-0.3, -0.25) is 4.79 Å². The van der Waals surface area contributed by atoms with Gasteiger partial charge < -0.3 is 4.74 Å². The standard InChI is InChI=1S/C9H16O2/c1-7(10)9-5-3-4-8(9)6-11-2/h8-9H,3-6H2,1-2H3. The summed E-state index contributed by atoms with van der Waals surface area (Å²) in [5.74, 6) is 1.12. The van der Waals surface area contributed by atoms with Crippen LogP contribution >= 0.6 is 0 Å². The Balaban J connectivity index is 2.44. The number of ether oxygens (including phenoxy) is 1. The highest BCUT2D eigenvalue weighted by molar-refractivity contribution is 5.78. The van der Waals surface area contributed by atoms with Crippen molar-refractivity contribution in [3.8, 4) is 0 Å². The van der Waals surface area contributed by atoms with E-state index in [-0.39, 0.29) is 5.92 Å². The van der Waals surface area contributed by atoms with Gasteiger partial charge in [-0.05, 0) is 25.7 Å². The van der Waals surface area contributed by atoms with Crippen LogP contribution in [0.2, 0.25) is 0 Å². The molecule has 2 heteroatoms. The van der Waals surface area contributed by atoms with Gasteiger partial charge in [0.2, 0.25) is 0 Å². The van der Waals surface area contributed by atoms with Crippen LogP contribution in [0.1, 0.15) is 26.2 Å². The van der Waals surface area contributed by atoms with Crippen LogP contribution in [-0.4, -0.2) is 19.5 Å². The Morgan fingerprint density at radius 2 is 2.27 bits per heavy atom. The molecular weight excluding hydrogens is 140 g/mol. The van der Waals surface area contributed by atoms with E-state index in [1.54, 1.807) is 14.0 Å². The first-order valence-corrected chi connectivity index (χ1v) is 4.25. The second kappa shape index (κ2) is 3.86. The third kappa shape index (κ3) is 2.03. The lowest BCUT2D eigenvalue weighted by molar-refractivity contribution is -0.122. The zero-order chi connectivity index (χ0) is 8.27. The molecule has 0 spiro atoms. The molecule has 11 heavy (non-hydrogen) atoms. The number of carbonyl (C=O) groups is 1. The quantitative estimate of drug-likeness (QED) is 0.621. The number of carbonyl (C=O) groups excluding carboxylic acids is 1. The van der Waals surface area contributed by atoms with Gasteiger partial charge in [0, 0.05) is 19.6 Å². The first-order valence-electron chi connectivity index (χ1n) is 4.25. The molecule has 0 radical (unpaired) electrons. The predicted octanol–water partition coefficient (Wildman–Crippen LogP) is 1.64. The Labute approximate surface area is 67.9 Å². The van der Waals surface area contributed by atoms with Crippen molar-refractivity contribution < 1.29 is 9.53 Å². The van der Waals surface area contributed by atoms with E-state index in [0.29, 0.717) is 11.7 Å². The molecule has 2 unspecified atom stereocenters. The highest BCUT2D eigenvalue weighted by Gasteiger charge is 2.30. The number of hydrogen-bond acceptors (Lipinski definition) is 2. The van der Waals surface area contributed by atoms with Crippen molar-refractivity contribution in [2.75, 3.05) is 13.7 Å². The van der Waals surface area contributed by atoms with Gasteiger partial charge in [-0.25, -0.2) is 0 Å². The first-order chi connectivity index (χ1) is 5.25. The molecule has 64 valence electrons. The largest absolute Gasteiger partial charge is 0.384 e. The van der Waals surface area contributed by atoms with Crippen molar-refractivity contribution in [3.05, 3.63) is 0 Å². The fourth-order valence-electron chi connectivity index (χ4n) is 1.99.